The van der Waals surface area contributed by atoms with Gasteiger partial charge in [-0.25, -0.2) is 21.6 Å². The molecule has 1 N–H and O–H groups in total. The van der Waals surface area contributed by atoms with Gasteiger partial charge in [0, 0.05) is 19.7 Å². The lowest BCUT2D eigenvalue weighted by Gasteiger charge is -2.29. The Balaban J connectivity index is 2.18. The van der Waals surface area contributed by atoms with Crippen molar-refractivity contribution >= 4 is 25.7 Å². The van der Waals surface area contributed by atoms with E-state index in [9.17, 15) is 16.8 Å². The van der Waals surface area contributed by atoms with Gasteiger partial charge in [-0.2, -0.15) is 0 Å². The number of hydrogen-bond acceptors (Lipinski definition) is 5. The van der Waals surface area contributed by atoms with Crippen LogP contribution in [0.15, 0.2) is 17.0 Å². The van der Waals surface area contributed by atoms with Crippen LogP contribution in [0.1, 0.15) is 44.2 Å². The molecule has 9 heteroatoms. The smallest absolute Gasteiger partial charge is 0.241 e. The van der Waals surface area contributed by atoms with Gasteiger partial charge in [-0.05, 0) is 70.2 Å². The van der Waals surface area contributed by atoms with E-state index in [1.54, 1.807) is 26.0 Å². The topological polar surface area (TPSA) is 92.8 Å². The van der Waals surface area contributed by atoms with Crippen molar-refractivity contribution in [2.45, 2.75) is 58.0 Å². The number of ether oxygens (including phenoxy) is 1. The molecule has 0 unspecified atom stereocenters. The molecular weight excluding hydrogens is 388 g/mol. The molecule has 27 heavy (non-hydrogen) atoms. The first-order chi connectivity index (χ1) is 12.5. The predicted octanol–water partition coefficient (Wildman–Crippen LogP) is 2.33. The Labute approximate surface area is 163 Å². The first kappa shape index (κ1) is 22.1. The maximum atomic E-state index is 12.7. The van der Waals surface area contributed by atoms with Crippen molar-refractivity contribution in [3.63, 3.8) is 0 Å². The summed E-state index contributed by atoms with van der Waals surface area (Å²) in [6, 6.07) is 3.29. The monoisotopic (exact) mass is 418 g/mol. The van der Waals surface area contributed by atoms with Crippen molar-refractivity contribution in [2.24, 2.45) is 0 Å². The van der Waals surface area contributed by atoms with Crippen molar-refractivity contribution in [3.8, 4) is 0 Å². The Morgan fingerprint density at radius 2 is 1.81 bits per heavy atom. The minimum Gasteiger partial charge on any atom is -0.379 e. The maximum absolute atomic E-state index is 12.7. The summed E-state index contributed by atoms with van der Waals surface area (Å²) in [7, 11) is -7.00. The number of hydrogen-bond donors (Lipinski definition) is 1. The second-order valence-corrected chi connectivity index (χ2v) is 10.9. The molecule has 2 rings (SSSR count). The van der Waals surface area contributed by atoms with Gasteiger partial charge in [0.05, 0.1) is 22.4 Å². The largest absolute Gasteiger partial charge is 0.379 e. The van der Waals surface area contributed by atoms with E-state index in [1.165, 1.54) is 4.31 Å². The normalized spacial score (nSPS) is 17.4. The molecule has 0 bridgehead atoms. The number of benzene rings is 1. The number of sulfonamides is 2. The minimum atomic E-state index is -3.67. The van der Waals surface area contributed by atoms with Gasteiger partial charge in [-0.1, -0.05) is 0 Å². The standard InChI is InChI=1S/C18H30N2O5S2/c1-14(2)25-10-7-8-19-27(23,24)18-15(3)12-17(13-16(18)4)20-9-5-6-11-26(20,21)22/h12-14,19H,5-11H2,1-4H3. The maximum Gasteiger partial charge on any atom is 0.241 e. The summed E-state index contributed by atoms with van der Waals surface area (Å²) in [4.78, 5) is 0.213. The summed E-state index contributed by atoms with van der Waals surface area (Å²) in [6.07, 6.45) is 2.16. The average Bonchev–Trinajstić information content (AvgIpc) is 2.52. The lowest BCUT2D eigenvalue weighted by atomic mass is 10.1. The third-order valence-corrected chi connectivity index (χ3v) is 8.05. The minimum absolute atomic E-state index is 0.115. The van der Waals surface area contributed by atoms with Crippen molar-refractivity contribution in [3.05, 3.63) is 23.3 Å². The molecule has 0 amide bonds. The Hall–Kier alpha value is -1.16. The van der Waals surface area contributed by atoms with Gasteiger partial charge in [-0.15, -0.1) is 0 Å². The SMILES string of the molecule is Cc1cc(N2CCCCS2(=O)=O)cc(C)c1S(=O)(=O)NCCCOC(C)C. The summed E-state index contributed by atoms with van der Waals surface area (Å²) < 4.78 is 59.5. The first-order valence-electron chi connectivity index (χ1n) is 9.27. The van der Waals surface area contributed by atoms with E-state index in [1.807, 2.05) is 13.8 Å². The van der Waals surface area contributed by atoms with Crippen LogP contribution >= 0.6 is 0 Å². The Kier molecular flexibility index (Phi) is 7.29. The average molecular weight is 419 g/mol. The fourth-order valence-corrected chi connectivity index (χ4v) is 6.39. The molecule has 0 saturated carbocycles. The van der Waals surface area contributed by atoms with Gasteiger partial charge in [0.25, 0.3) is 0 Å². The van der Waals surface area contributed by atoms with Gasteiger partial charge < -0.3 is 4.74 Å². The zero-order valence-corrected chi connectivity index (χ0v) is 18.1. The molecule has 1 fully saturated rings. The Morgan fingerprint density at radius 1 is 1.19 bits per heavy atom. The molecule has 0 spiro atoms. The molecule has 7 nitrogen and oxygen atoms in total. The van der Waals surface area contributed by atoms with Crippen LogP contribution in [0.3, 0.4) is 0 Å². The van der Waals surface area contributed by atoms with E-state index >= 15 is 0 Å². The van der Waals surface area contributed by atoms with Crippen LogP contribution < -0.4 is 9.03 Å². The third-order valence-electron chi connectivity index (χ3n) is 4.42. The van der Waals surface area contributed by atoms with Crippen molar-refractivity contribution in [1.29, 1.82) is 0 Å². The summed E-state index contributed by atoms with van der Waals surface area (Å²) in [5.41, 5.74) is 1.61. The van der Waals surface area contributed by atoms with Crippen LogP contribution in [0, 0.1) is 13.8 Å². The zero-order chi connectivity index (χ0) is 20.2. The van der Waals surface area contributed by atoms with Crippen molar-refractivity contribution in [1.82, 2.24) is 4.72 Å². The molecule has 0 atom stereocenters. The molecule has 1 aromatic carbocycles. The highest BCUT2D eigenvalue weighted by Gasteiger charge is 2.28. The molecule has 1 heterocycles. The molecule has 1 aliphatic rings. The highest BCUT2D eigenvalue weighted by molar-refractivity contribution is 7.92. The lowest BCUT2D eigenvalue weighted by molar-refractivity contribution is 0.0778. The quantitative estimate of drug-likeness (QED) is 0.654. The van der Waals surface area contributed by atoms with Crippen LogP contribution in [-0.2, 0) is 24.8 Å². The summed E-state index contributed by atoms with van der Waals surface area (Å²) >= 11 is 0. The van der Waals surface area contributed by atoms with Gasteiger partial charge in [0.2, 0.25) is 20.0 Å². The van der Waals surface area contributed by atoms with Gasteiger partial charge in [0.15, 0.2) is 0 Å². The number of rotatable bonds is 8. The van der Waals surface area contributed by atoms with Gasteiger partial charge >= 0.3 is 0 Å². The molecule has 154 valence electrons. The van der Waals surface area contributed by atoms with Crippen molar-refractivity contribution in [2.75, 3.05) is 29.8 Å². The van der Waals surface area contributed by atoms with E-state index in [-0.39, 0.29) is 23.3 Å². The number of nitrogens with zero attached hydrogens (tertiary/aromatic N) is 1. The highest BCUT2D eigenvalue weighted by atomic mass is 32.2. The third kappa shape index (κ3) is 5.66. The Morgan fingerprint density at radius 3 is 2.37 bits per heavy atom. The predicted molar refractivity (Wildman–Crippen MR) is 107 cm³/mol. The van der Waals surface area contributed by atoms with Crippen LogP contribution in [0.5, 0.6) is 0 Å². The van der Waals surface area contributed by atoms with Gasteiger partial charge in [0.1, 0.15) is 0 Å². The van der Waals surface area contributed by atoms with Crippen LogP contribution in [0.25, 0.3) is 0 Å². The van der Waals surface area contributed by atoms with E-state index in [2.05, 4.69) is 4.72 Å². The molecule has 0 aliphatic carbocycles. The molecule has 1 saturated heterocycles. The number of aryl methyl sites for hydroxylation is 2. The van der Waals surface area contributed by atoms with Crippen LogP contribution in [0.4, 0.5) is 5.69 Å². The fraction of sp³-hybridized carbons (Fsp3) is 0.667. The van der Waals surface area contributed by atoms with Crippen LogP contribution in [-0.4, -0.2) is 48.4 Å². The first-order valence-corrected chi connectivity index (χ1v) is 12.4. The summed E-state index contributed by atoms with van der Waals surface area (Å²) in [5.74, 6) is 0.130. The van der Waals surface area contributed by atoms with Gasteiger partial charge in [-0.3, -0.25) is 4.31 Å². The second-order valence-electron chi connectivity index (χ2n) is 7.17. The van der Waals surface area contributed by atoms with E-state index in [0.717, 1.165) is 6.42 Å². The number of nitrogens with one attached hydrogen (secondary N) is 1. The van der Waals surface area contributed by atoms with E-state index in [0.29, 0.717) is 42.8 Å². The highest BCUT2D eigenvalue weighted by Crippen LogP contribution is 2.30. The van der Waals surface area contributed by atoms with E-state index < -0.39 is 20.0 Å². The zero-order valence-electron chi connectivity index (χ0n) is 16.5. The Bertz CT molecular complexity index is 841. The summed E-state index contributed by atoms with van der Waals surface area (Å²) in [6.45, 7) is 8.47. The molecule has 0 radical (unpaired) electrons. The molecular formula is C18H30N2O5S2. The molecule has 1 aromatic rings. The van der Waals surface area contributed by atoms with Crippen molar-refractivity contribution < 1.29 is 21.6 Å². The fourth-order valence-electron chi connectivity index (χ4n) is 3.24. The van der Waals surface area contributed by atoms with Crippen LogP contribution in [0.2, 0.25) is 0 Å². The number of anilines is 1. The molecule has 0 aromatic heterocycles. The molecule has 1 aliphatic heterocycles. The second kappa shape index (κ2) is 8.89. The lowest BCUT2D eigenvalue weighted by Crippen LogP contribution is -2.38. The van der Waals surface area contributed by atoms with E-state index in [4.69, 9.17) is 4.74 Å². The summed E-state index contributed by atoms with van der Waals surface area (Å²) in [5, 5.41) is 0.